The maximum atomic E-state index is 13.0. The van der Waals surface area contributed by atoms with E-state index in [1.165, 1.54) is 11.2 Å². The molecule has 4 rings (SSSR count). The van der Waals surface area contributed by atoms with Crippen molar-refractivity contribution >= 4 is 17.4 Å². The van der Waals surface area contributed by atoms with Gasteiger partial charge in [-0.2, -0.15) is 0 Å². The molecule has 7 nitrogen and oxygen atoms in total. The van der Waals surface area contributed by atoms with Crippen LogP contribution in [-0.2, 0) is 16.1 Å². The van der Waals surface area contributed by atoms with Crippen LogP contribution in [0.25, 0.3) is 5.76 Å². The largest absolute Gasteiger partial charge is 0.507 e. The number of hydrogen-bond acceptors (Lipinski definition) is 6. The first kappa shape index (κ1) is 20.4. The molecule has 1 N–H and O–H groups in total. The van der Waals surface area contributed by atoms with E-state index in [2.05, 4.69) is 4.98 Å². The number of rotatable bonds is 6. The highest BCUT2D eigenvalue weighted by molar-refractivity contribution is 6.46. The van der Waals surface area contributed by atoms with E-state index in [4.69, 9.17) is 9.15 Å². The molecule has 0 radical (unpaired) electrons. The monoisotopic (exact) mass is 418 g/mol. The van der Waals surface area contributed by atoms with E-state index < -0.39 is 17.7 Å². The maximum Gasteiger partial charge on any atom is 0.296 e. The Morgan fingerprint density at radius 1 is 1.19 bits per heavy atom. The quantitative estimate of drug-likeness (QED) is 0.368. The molecule has 7 heteroatoms. The van der Waals surface area contributed by atoms with E-state index in [1.54, 1.807) is 60.9 Å². The van der Waals surface area contributed by atoms with Crippen LogP contribution in [0.2, 0.25) is 0 Å². The molecule has 1 atom stereocenters. The number of pyridine rings is 1. The number of aliphatic hydroxyl groups is 1. The highest BCUT2D eigenvalue weighted by atomic mass is 16.5. The number of Topliss-reactive ketones (excluding diaryl/α,β-unsaturated/α-hetero) is 1. The number of aromatic nitrogens is 1. The molecule has 3 aromatic rings. The van der Waals surface area contributed by atoms with Crippen molar-refractivity contribution < 1.29 is 23.8 Å². The molecule has 0 saturated carbocycles. The molecule has 1 aliphatic heterocycles. The number of aliphatic hydroxyl groups excluding tert-OH is 1. The Balaban J connectivity index is 1.82. The van der Waals surface area contributed by atoms with Gasteiger partial charge in [0, 0.05) is 18.0 Å². The van der Waals surface area contributed by atoms with E-state index in [1.807, 2.05) is 13.8 Å². The number of furan rings is 1. The van der Waals surface area contributed by atoms with Crippen LogP contribution in [0.15, 0.2) is 77.2 Å². The predicted molar refractivity (Wildman–Crippen MR) is 113 cm³/mol. The number of hydrogen-bond donors (Lipinski definition) is 1. The first-order valence-corrected chi connectivity index (χ1v) is 9.93. The normalized spacial score (nSPS) is 18.0. The molecule has 3 heterocycles. The van der Waals surface area contributed by atoms with E-state index in [0.29, 0.717) is 22.6 Å². The molecule has 2 aromatic heterocycles. The summed E-state index contributed by atoms with van der Waals surface area (Å²) < 4.78 is 11.1. The third-order valence-electron chi connectivity index (χ3n) is 4.93. The van der Waals surface area contributed by atoms with Gasteiger partial charge in [-0.25, -0.2) is 0 Å². The van der Waals surface area contributed by atoms with Gasteiger partial charge < -0.3 is 19.2 Å². The van der Waals surface area contributed by atoms with Crippen LogP contribution in [-0.4, -0.2) is 32.8 Å². The number of carbonyl (C=O) groups is 2. The minimum absolute atomic E-state index is 0.00579. The van der Waals surface area contributed by atoms with E-state index >= 15 is 0 Å². The molecule has 158 valence electrons. The van der Waals surface area contributed by atoms with Crippen molar-refractivity contribution in [2.45, 2.75) is 32.5 Å². The summed E-state index contributed by atoms with van der Waals surface area (Å²) in [5.41, 5.74) is 1.01. The van der Waals surface area contributed by atoms with Crippen LogP contribution in [0.3, 0.4) is 0 Å². The first-order chi connectivity index (χ1) is 15.0. The van der Waals surface area contributed by atoms with Crippen molar-refractivity contribution in [3.8, 4) is 5.75 Å². The number of ether oxygens (including phenoxy) is 1. The van der Waals surface area contributed by atoms with Gasteiger partial charge >= 0.3 is 0 Å². The zero-order valence-electron chi connectivity index (χ0n) is 17.2. The summed E-state index contributed by atoms with van der Waals surface area (Å²) in [5.74, 6) is -0.636. The summed E-state index contributed by atoms with van der Waals surface area (Å²) in [6.07, 6.45) is 4.64. The molecule has 1 saturated heterocycles. The van der Waals surface area contributed by atoms with E-state index in [9.17, 15) is 14.7 Å². The molecule has 1 aromatic carbocycles. The molecule has 1 fully saturated rings. The second kappa shape index (κ2) is 8.47. The Labute approximate surface area is 179 Å². The Kier molecular flexibility index (Phi) is 5.58. The lowest BCUT2D eigenvalue weighted by Gasteiger charge is -2.24. The molecule has 0 spiro atoms. The average molecular weight is 418 g/mol. The van der Waals surface area contributed by atoms with Gasteiger partial charge in [-0.05, 0) is 49.7 Å². The molecule has 1 unspecified atom stereocenters. The predicted octanol–water partition coefficient (Wildman–Crippen LogP) is 4.08. The topological polar surface area (TPSA) is 92.9 Å². The fraction of sp³-hybridized carbons (Fsp3) is 0.208. The summed E-state index contributed by atoms with van der Waals surface area (Å²) >= 11 is 0. The summed E-state index contributed by atoms with van der Waals surface area (Å²) in [6.45, 7) is 3.88. The summed E-state index contributed by atoms with van der Waals surface area (Å²) in [6, 6.07) is 12.9. The van der Waals surface area contributed by atoms with E-state index in [0.717, 1.165) is 0 Å². The average Bonchev–Trinajstić information content (AvgIpc) is 3.36. The zero-order chi connectivity index (χ0) is 22.0. The number of amides is 1. The van der Waals surface area contributed by atoms with Crippen LogP contribution in [0, 0.1) is 0 Å². The minimum Gasteiger partial charge on any atom is -0.507 e. The standard InChI is InChI=1S/C24H22N2O5/c1-15(2)31-18-8-3-6-16(12-18)22(27)20-21(17-7-4-10-25-13-17)26(24(29)23(20)28)14-19-9-5-11-30-19/h3-13,15,21,27H,14H2,1-2H3/b22-20-. The van der Waals surface area contributed by atoms with Gasteiger partial charge in [0.15, 0.2) is 0 Å². The van der Waals surface area contributed by atoms with Gasteiger partial charge in [-0.3, -0.25) is 14.6 Å². The van der Waals surface area contributed by atoms with Crippen LogP contribution in [0.4, 0.5) is 0 Å². The van der Waals surface area contributed by atoms with E-state index in [-0.39, 0.29) is 24.0 Å². The van der Waals surface area contributed by atoms with Gasteiger partial charge in [0.2, 0.25) is 0 Å². The third-order valence-corrected chi connectivity index (χ3v) is 4.93. The number of carbonyl (C=O) groups excluding carboxylic acids is 2. The van der Waals surface area contributed by atoms with Gasteiger partial charge in [0.1, 0.15) is 17.3 Å². The lowest BCUT2D eigenvalue weighted by atomic mass is 9.96. The van der Waals surface area contributed by atoms with Gasteiger partial charge in [-0.15, -0.1) is 0 Å². The second-order valence-corrected chi connectivity index (χ2v) is 7.49. The Morgan fingerprint density at radius 2 is 2.03 bits per heavy atom. The summed E-state index contributed by atoms with van der Waals surface area (Å²) in [4.78, 5) is 31.4. The van der Waals surface area contributed by atoms with Crippen LogP contribution in [0.5, 0.6) is 5.75 Å². The zero-order valence-corrected chi connectivity index (χ0v) is 17.2. The van der Waals surface area contributed by atoms with Crippen molar-refractivity contribution in [1.82, 2.24) is 9.88 Å². The SMILES string of the molecule is CC(C)Oc1cccc(/C(O)=C2/C(=O)C(=O)N(Cc3ccco3)C2c2cccnc2)c1. The second-order valence-electron chi connectivity index (χ2n) is 7.49. The number of ketones is 1. The van der Waals surface area contributed by atoms with Crippen molar-refractivity contribution in [1.29, 1.82) is 0 Å². The Hall–Kier alpha value is -3.87. The van der Waals surface area contributed by atoms with Crippen LogP contribution in [0.1, 0.15) is 36.8 Å². The van der Waals surface area contributed by atoms with Crippen molar-refractivity contribution in [2.75, 3.05) is 0 Å². The fourth-order valence-electron chi connectivity index (χ4n) is 3.64. The molecule has 1 amide bonds. The number of benzene rings is 1. The smallest absolute Gasteiger partial charge is 0.296 e. The summed E-state index contributed by atoms with van der Waals surface area (Å²) in [7, 11) is 0. The third kappa shape index (κ3) is 4.07. The van der Waals surface area contributed by atoms with Crippen molar-refractivity contribution in [3.63, 3.8) is 0 Å². The number of nitrogens with zero attached hydrogens (tertiary/aromatic N) is 2. The van der Waals surface area contributed by atoms with Gasteiger partial charge in [-0.1, -0.05) is 18.2 Å². The van der Waals surface area contributed by atoms with Crippen LogP contribution >= 0.6 is 0 Å². The molecule has 0 bridgehead atoms. The summed E-state index contributed by atoms with van der Waals surface area (Å²) in [5, 5.41) is 11.1. The molecular weight excluding hydrogens is 396 g/mol. The van der Waals surface area contributed by atoms with Crippen molar-refractivity contribution in [2.24, 2.45) is 0 Å². The molecule has 31 heavy (non-hydrogen) atoms. The minimum atomic E-state index is -0.798. The Morgan fingerprint density at radius 3 is 2.71 bits per heavy atom. The highest BCUT2D eigenvalue weighted by Crippen LogP contribution is 2.40. The first-order valence-electron chi connectivity index (χ1n) is 9.93. The van der Waals surface area contributed by atoms with Crippen LogP contribution < -0.4 is 4.74 Å². The lowest BCUT2D eigenvalue weighted by Crippen LogP contribution is -2.29. The molecular formula is C24H22N2O5. The number of likely N-dealkylation sites (tertiary alicyclic amines) is 1. The maximum absolute atomic E-state index is 13.0. The highest BCUT2D eigenvalue weighted by Gasteiger charge is 2.46. The lowest BCUT2D eigenvalue weighted by molar-refractivity contribution is -0.140. The van der Waals surface area contributed by atoms with Gasteiger partial charge in [0.25, 0.3) is 11.7 Å². The van der Waals surface area contributed by atoms with Gasteiger partial charge in [0.05, 0.1) is 30.5 Å². The molecule has 1 aliphatic rings. The van der Waals surface area contributed by atoms with Crippen molar-refractivity contribution in [3.05, 3.63) is 89.6 Å². The fourth-order valence-corrected chi connectivity index (χ4v) is 3.64. The Bertz CT molecular complexity index is 1120. The molecule has 0 aliphatic carbocycles.